The zero-order valence-corrected chi connectivity index (χ0v) is 10.8. The van der Waals surface area contributed by atoms with Gasteiger partial charge in [-0.1, -0.05) is 6.07 Å². The summed E-state index contributed by atoms with van der Waals surface area (Å²) in [6.45, 7) is 1.42. The summed E-state index contributed by atoms with van der Waals surface area (Å²) >= 11 is 1.56. The lowest BCUT2D eigenvalue weighted by atomic mass is 9.80. The van der Waals surface area contributed by atoms with Gasteiger partial charge in [0.2, 0.25) is 5.91 Å². The lowest BCUT2D eigenvalue weighted by molar-refractivity contribution is -0.136. The quantitative estimate of drug-likeness (QED) is 0.864. The molecule has 1 amide bonds. The first-order chi connectivity index (χ1) is 8.71. The topological polar surface area (TPSA) is 58.6 Å². The van der Waals surface area contributed by atoms with Gasteiger partial charge in [0.05, 0.1) is 31.3 Å². The van der Waals surface area contributed by atoms with Crippen molar-refractivity contribution in [1.82, 2.24) is 0 Å². The molecular formula is C13H15NO3S. The highest BCUT2D eigenvalue weighted by atomic mass is 32.2. The highest BCUT2D eigenvalue weighted by molar-refractivity contribution is 8.00. The zero-order valence-electron chi connectivity index (χ0n) is 9.94. The predicted molar refractivity (Wildman–Crippen MR) is 69.8 cm³/mol. The maximum Gasteiger partial charge on any atom is 0.234 e. The van der Waals surface area contributed by atoms with Gasteiger partial charge < -0.3 is 15.2 Å². The van der Waals surface area contributed by atoms with Crippen molar-refractivity contribution in [2.75, 3.05) is 30.9 Å². The van der Waals surface area contributed by atoms with Crippen molar-refractivity contribution in [2.24, 2.45) is 5.41 Å². The van der Waals surface area contributed by atoms with Crippen molar-refractivity contribution in [3.05, 3.63) is 23.8 Å². The van der Waals surface area contributed by atoms with Gasteiger partial charge in [0.25, 0.3) is 0 Å². The van der Waals surface area contributed by atoms with Gasteiger partial charge in [-0.3, -0.25) is 4.79 Å². The minimum absolute atomic E-state index is 0.0551. The van der Waals surface area contributed by atoms with Gasteiger partial charge in [-0.25, -0.2) is 0 Å². The number of hydrogen-bond acceptors (Lipinski definition) is 4. The molecule has 2 N–H and O–H groups in total. The normalized spacial score (nSPS) is 20.8. The summed E-state index contributed by atoms with van der Waals surface area (Å²) in [6.07, 6.45) is 0.825. The van der Waals surface area contributed by atoms with Crippen molar-refractivity contribution >= 4 is 23.4 Å². The minimum atomic E-state index is -0.100. The molecule has 18 heavy (non-hydrogen) atoms. The number of hydrogen-bond donors (Lipinski definition) is 2. The predicted octanol–water partition coefficient (Wildman–Crippen LogP) is 1.28. The van der Waals surface area contributed by atoms with E-state index in [0.717, 1.165) is 17.0 Å². The standard InChI is InChI=1S/C13H15NO3S/c15-6-13(7-17-8-13)4-9-1-2-10-11(3-9)18-5-12(16)14-10/h1-3,15H,4-8H2,(H,14,16). The molecule has 4 nitrogen and oxygen atoms in total. The van der Waals surface area contributed by atoms with Crippen LogP contribution in [0.4, 0.5) is 5.69 Å². The number of aliphatic hydroxyl groups excluding tert-OH is 1. The Morgan fingerprint density at radius 2 is 2.28 bits per heavy atom. The average Bonchev–Trinajstić information content (AvgIpc) is 2.34. The van der Waals surface area contributed by atoms with Crippen LogP contribution in [-0.2, 0) is 16.0 Å². The molecule has 1 fully saturated rings. The lowest BCUT2D eigenvalue weighted by Crippen LogP contribution is -2.47. The molecule has 3 rings (SSSR count). The van der Waals surface area contributed by atoms with E-state index in [-0.39, 0.29) is 17.9 Å². The molecule has 2 heterocycles. The van der Waals surface area contributed by atoms with Gasteiger partial charge in [0.15, 0.2) is 0 Å². The van der Waals surface area contributed by atoms with Crippen LogP contribution in [0, 0.1) is 5.41 Å². The fraction of sp³-hybridized carbons (Fsp3) is 0.462. The maximum atomic E-state index is 11.3. The smallest absolute Gasteiger partial charge is 0.234 e. The summed E-state index contributed by atoms with van der Waals surface area (Å²) in [6, 6.07) is 6.06. The van der Waals surface area contributed by atoms with Crippen LogP contribution in [0.2, 0.25) is 0 Å². The summed E-state index contributed by atoms with van der Waals surface area (Å²) in [5.74, 6) is 0.532. The van der Waals surface area contributed by atoms with Gasteiger partial charge in [-0.15, -0.1) is 11.8 Å². The second kappa shape index (κ2) is 4.57. The number of aliphatic hydroxyl groups is 1. The van der Waals surface area contributed by atoms with Crippen LogP contribution in [0.1, 0.15) is 5.56 Å². The molecule has 5 heteroatoms. The van der Waals surface area contributed by atoms with E-state index in [0.29, 0.717) is 19.0 Å². The number of thioether (sulfide) groups is 1. The second-order valence-corrected chi connectivity index (χ2v) is 6.01. The summed E-state index contributed by atoms with van der Waals surface area (Å²) < 4.78 is 5.21. The Hall–Kier alpha value is -1.04. The van der Waals surface area contributed by atoms with E-state index in [9.17, 15) is 9.90 Å². The molecule has 0 aromatic heterocycles. The number of nitrogens with one attached hydrogen (secondary N) is 1. The summed E-state index contributed by atoms with van der Waals surface area (Å²) in [5.41, 5.74) is 1.98. The highest BCUT2D eigenvalue weighted by Crippen LogP contribution is 2.36. The van der Waals surface area contributed by atoms with Crippen LogP contribution in [0.15, 0.2) is 23.1 Å². The number of amides is 1. The van der Waals surface area contributed by atoms with E-state index < -0.39 is 0 Å². The van der Waals surface area contributed by atoms with Crippen LogP contribution in [0.25, 0.3) is 0 Å². The molecular weight excluding hydrogens is 250 g/mol. The van der Waals surface area contributed by atoms with E-state index in [4.69, 9.17) is 4.74 Å². The number of fused-ring (bicyclic) bond motifs is 1. The highest BCUT2D eigenvalue weighted by Gasteiger charge is 2.38. The zero-order chi connectivity index (χ0) is 12.6. The van der Waals surface area contributed by atoms with Gasteiger partial charge >= 0.3 is 0 Å². The van der Waals surface area contributed by atoms with Crippen LogP contribution < -0.4 is 5.32 Å². The molecule has 0 aliphatic carbocycles. The fourth-order valence-electron chi connectivity index (χ4n) is 2.30. The first-order valence-electron chi connectivity index (χ1n) is 5.95. The van der Waals surface area contributed by atoms with Gasteiger partial charge in [-0.05, 0) is 24.1 Å². The molecule has 0 radical (unpaired) electrons. The van der Waals surface area contributed by atoms with E-state index in [1.165, 1.54) is 5.56 Å². The number of carbonyl (C=O) groups is 1. The largest absolute Gasteiger partial charge is 0.396 e. The van der Waals surface area contributed by atoms with E-state index >= 15 is 0 Å². The third kappa shape index (κ3) is 2.13. The Morgan fingerprint density at radius 3 is 2.94 bits per heavy atom. The van der Waals surface area contributed by atoms with E-state index in [2.05, 4.69) is 11.4 Å². The first-order valence-corrected chi connectivity index (χ1v) is 6.94. The molecule has 1 saturated heterocycles. The third-order valence-electron chi connectivity index (χ3n) is 3.41. The van der Waals surface area contributed by atoms with Crippen LogP contribution >= 0.6 is 11.8 Å². The Morgan fingerprint density at radius 1 is 1.44 bits per heavy atom. The maximum absolute atomic E-state index is 11.3. The van der Waals surface area contributed by atoms with E-state index in [1.807, 2.05) is 12.1 Å². The molecule has 2 aliphatic rings. The lowest BCUT2D eigenvalue weighted by Gasteiger charge is -2.40. The van der Waals surface area contributed by atoms with Crippen LogP contribution in [0.3, 0.4) is 0 Å². The summed E-state index contributed by atoms with van der Waals surface area (Å²) in [7, 11) is 0. The van der Waals surface area contributed by atoms with Crippen LogP contribution in [-0.4, -0.2) is 36.6 Å². The number of anilines is 1. The number of ether oxygens (including phenoxy) is 1. The van der Waals surface area contributed by atoms with Gasteiger partial charge in [0, 0.05) is 10.3 Å². The van der Waals surface area contributed by atoms with Gasteiger partial charge in [0.1, 0.15) is 0 Å². The molecule has 0 spiro atoms. The molecule has 0 bridgehead atoms. The Balaban J connectivity index is 1.80. The third-order valence-corrected chi connectivity index (χ3v) is 4.47. The number of carbonyl (C=O) groups excluding carboxylic acids is 1. The van der Waals surface area contributed by atoms with Crippen molar-refractivity contribution in [3.63, 3.8) is 0 Å². The SMILES string of the molecule is O=C1CSc2cc(CC3(CO)COC3)ccc2N1. The number of benzene rings is 1. The molecule has 1 aromatic carbocycles. The molecule has 1 aromatic rings. The van der Waals surface area contributed by atoms with E-state index in [1.54, 1.807) is 11.8 Å². The Bertz CT molecular complexity index is 480. The van der Waals surface area contributed by atoms with Crippen molar-refractivity contribution in [3.8, 4) is 0 Å². The monoisotopic (exact) mass is 265 g/mol. The Kier molecular flexibility index (Phi) is 3.05. The molecule has 0 saturated carbocycles. The second-order valence-electron chi connectivity index (χ2n) is 5.00. The van der Waals surface area contributed by atoms with Crippen molar-refractivity contribution < 1.29 is 14.6 Å². The van der Waals surface area contributed by atoms with Gasteiger partial charge in [-0.2, -0.15) is 0 Å². The Labute approximate surface area is 110 Å². The molecule has 0 unspecified atom stereocenters. The van der Waals surface area contributed by atoms with Crippen LogP contribution in [0.5, 0.6) is 0 Å². The van der Waals surface area contributed by atoms with Crippen molar-refractivity contribution in [1.29, 1.82) is 0 Å². The first kappa shape index (κ1) is 12.0. The number of rotatable bonds is 3. The molecule has 96 valence electrons. The average molecular weight is 265 g/mol. The van der Waals surface area contributed by atoms with Crippen molar-refractivity contribution in [2.45, 2.75) is 11.3 Å². The summed E-state index contributed by atoms with van der Waals surface area (Å²) in [4.78, 5) is 12.4. The fourth-order valence-corrected chi connectivity index (χ4v) is 3.17. The minimum Gasteiger partial charge on any atom is -0.396 e. The molecule has 2 aliphatic heterocycles. The summed E-state index contributed by atoms with van der Waals surface area (Å²) in [5, 5.41) is 12.3. The molecule has 0 atom stereocenters.